The van der Waals surface area contributed by atoms with E-state index in [1.807, 2.05) is 6.92 Å². The van der Waals surface area contributed by atoms with Gasteiger partial charge in [0.05, 0.1) is 19.3 Å². The molecule has 1 unspecified atom stereocenters. The standard InChI is InChI=1S/C9H17F2NO/c1-7(2)6-13-5-4-12-8(3)9(10)11/h8-9,12H,1,4-6H2,2-3H3. The Labute approximate surface area is 78.0 Å². The second-order valence-corrected chi connectivity index (χ2v) is 3.09. The lowest BCUT2D eigenvalue weighted by molar-refractivity contribution is 0.0961. The fourth-order valence-corrected chi connectivity index (χ4v) is 0.694. The molecular formula is C9H17F2NO. The van der Waals surface area contributed by atoms with E-state index in [1.165, 1.54) is 6.92 Å². The molecule has 13 heavy (non-hydrogen) atoms. The number of halogens is 2. The number of hydrogen-bond acceptors (Lipinski definition) is 2. The number of alkyl halides is 2. The molecule has 4 heteroatoms. The zero-order valence-electron chi connectivity index (χ0n) is 8.15. The van der Waals surface area contributed by atoms with Crippen LogP contribution in [0.25, 0.3) is 0 Å². The van der Waals surface area contributed by atoms with Crippen molar-refractivity contribution >= 4 is 0 Å². The largest absolute Gasteiger partial charge is 0.376 e. The predicted molar refractivity (Wildman–Crippen MR) is 49.1 cm³/mol. The van der Waals surface area contributed by atoms with Gasteiger partial charge in [0, 0.05) is 6.54 Å². The first kappa shape index (κ1) is 12.5. The van der Waals surface area contributed by atoms with Crippen LogP contribution in [-0.4, -0.2) is 32.2 Å². The van der Waals surface area contributed by atoms with Crippen molar-refractivity contribution in [2.24, 2.45) is 0 Å². The van der Waals surface area contributed by atoms with Gasteiger partial charge in [0.15, 0.2) is 0 Å². The van der Waals surface area contributed by atoms with Crippen LogP contribution < -0.4 is 5.32 Å². The van der Waals surface area contributed by atoms with E-state index >= 15 is 0 Å². The van der Waals surface area contributed by atoms with Crippen LogP contribution in [0.2, 0.25) is 0 Å². The number of hydrogen-bond donors (Lipinski definition) is 1. The lowest BCUT2D eigenvalue weighted by Crippen LogP contribution is -2.35. The van der Waals surface area contributed by atoms with E-state index < -0.39 is 12.5 Å². The summed E-state index contributed by atoms with van der Waals surface area (Å²) in [6.07, 6.45) is -2.32. The van der Waals surface area contributed by atoms with Crippen LogP contribution in [-0.2, 0) is 4.74 Å². The molecule has 2 nitrogen and oxygen atoms in total. The van der Waals surface area contributed by atoms with Gasteiger partial charge in [-0.2, -0.15) is 0 Å². The quantitative estimate of drug-likeness (QED) is 0.492. The van der Waals surface area contributed by atoms with E-state index in [9.17, 15) is 8.78 Å². The summed E-state index contributed by atoms with van der Waals surface area (Å²) in [5.74, 6) is 0. The molecule has 0 radical (unpaired) electrons. The Kier molecular flexibility index (Phi) is 6.72. The summed E-state index contributed by atoms with van der Waals surface area (Å²) in [6, 6.07) is -0.770. The van der Waals surface area contributed by atoms with Gasteiger partial charge < -0.3 is 10.1 Å². The minimum Gasteiger partial charge on any atom is -0.376 e. The van der Waals surface area contributed by atoms with Gasteiger partial charge in [-0.1, -0.05) is 12.2 Å². The molecule has 0 bridgehead atoms. The Bertz CT molecular complexity index is 151. The van der Waals surface area contributed by atoms with Crippen LogP contribution in [0.4, 0.5) is 8.78 Å². The monoisotopic (exact) mass is 193 g/mol. The van der Waals surface area contributed by atoms with Crippen molar-refractivity contribution in [1.29, 1.82) is 0 Å². The first-order valence-electron chi connectivity index (χ1n) is 4.27. The molecule has 0 aromatic rings. The van der Waals surface area contributed by atoms with E-state index in [0.717, 1.165) is 5.57 Å². The third kappa shape index (κ3) is 7.87. The Morgan fingerprint density at radius 2 is 2.15 bits per heavy atom. The van der Waals surface area contributed by atoms with Crippen LogP contribution in [0.3, 0.4) is 0 Å². The summed E-state index contributed by atoms with van der Waals surface area (Å²) in [4.78, 5) is 0. The predicted octanol–water partition coefficient (Wildman–Crippen LogP) is 1.82. The highest BCUT2D eigenvalue weighted by Crippen LogP contribution is 1.98. The second-order valence-electron chi connectivity index (χ2n) is 3.09. The second kappa shape index (κ2) is 6.97. The SMILES string of the molecule is C=C(C)COCCNC(C)C(F)F. The third-order valence-electron chi connectivity index (χ3n) is 1.44. The fraction of sp³-hybridized carbons (Fsp3) is 0.778. The first-order chi connectivity index (χ1) is 6.04. The molecular weight excluding hydrogens is 176 g/mol. The molecule has 0 aliphatic heterocycles. The third-order valence-corrected chi connectivity index (χ3v) is 1.44. The Balaban J connectivity index is 3.21. The summed E-state index contributed by atoms with van der Waals surface area (Å²) < 4.78 is 29.0. The molecule has 0 aliphatic rings. The highest BCUT2D eigenvalue weighted by atomic mass is 19.3. The molecule has 0 fully saturated rings. The zero-order chi connectivity index (χ0) is 10.3. The molecule has 0 heterocycles. The summed E-state index contributed by atoms with van der Waals surface area (Å²) in [6.45, 7) is 8.32. The van der Waals surface area contributed by atoms with Gasteiger partial charge in [0.1, 0.15) is 0 Å². The van der Waals surface area contributed by atoms with Crippen LogP contribution >= 0.6 is 0 Å². The molecule has 1 N–H and O–H groups in total. The lowest BCUT2D eigenvalue weighted by atomic mass is 10.3. The average Bonchev–Trinajstić information content (AvgIpc) is 2.02. The summed E-state index contributed by atoms with van der Waals surface area (Å²) in [5, 5.41) is 2.65. The maximum Gasteiger partial charge on any atom is 0.253 e. The van der Waals surface area contributed by atoms with E-state index in [-0.39, 0.29) is 0 Å². The van der Waals surface area contributed by atoms with E-state index in [4.69, 9.17) is 4.74 Å². The van der Waals surface area contributed by atoms with Crippen molar-refractivity contribution < 1.29 is 13.5 Å². The molecule has 1 atom stereocenters. The summed E-state index contributed by atoms with van der Waals surface area (Å²) in [7, 11) is 0. The molecule has 78 valence electrons. The van der Waals surface area contributed by atoms with Crippen molar-refractivity contribution in [1.82, 2.24) is 5.32 Å². The molecule has 0 aliphatic carbocycles. The molecule has 0 aromatic carbocycles. The number of ether oxygens (including phenoxy) is 1. The number of rotatable bonds is 7. The average molecular weight is 193 g/mol. The van der Waals surface area contributed by atoms with Crippen LogP contribution in [0.1, 0.15) is 13.8 Å². The van der Waals surface area contributed by atoms with Gasteiger partial charge >= 0.3 is 0 Å². The minimum atomic E-state index is -2.32. The minimum absolute atomic E-state index is 0.434. The molecule has 0 rings (SSSR count). The molecule has 0 amide bonds. The zero-order valence-corrected chi connectivity index (χ0v) is 8.15. The van der Waals surface area contributed by atoms with Crippen LogP contribution in [0.5, 0.6) is 0 Å². The van der Waals surface area contributed by atoms with Crippen LogP contribution in [0.15, 0.2) is 12.2 Å². The maximum atomic E-state index is 11.9. The smallest absolute Gasteiger partial charge is 0.253 e. The Morgan fingerprint density at radius 3 is 2.62 bits per heavy atom. The number of nitrogens with one attached hydrogen (secondary N) is 1. The highest BCUT2D eigenvalue weighted by Gasteiger charge is 2.12. The van der Waals surface area contributed by atoms with Crippen molar-refractivity contribution in [3.8, 4) is 0 Å². The van der Waals surface area contributed by atoms with Gasteiger partial charge in [-0.25, -0.2) is 8.78 Å². The maximum absolute atomic E-state index is 11.9. The first-order valence-corrected chi connectivity index (χ1v) is 4.27. The van der Waals surface area contributed by atoms with Crippen molar-refractivity contribution in [2.45, 2.75) is 26.3 Å². The molecule has 0 saturated heterocycles. The van der Waals surface area contributed by atoms with Crippen molar-refractivity contribution in [2.75, 3.05) is 19.8 Å². The van der Waals surface area contributed by atoms with E-state index in [1.54, 1.807) is 0 Å². The van der Waals surface area contributed by atoms with Gasteiger partial charge in [0.25, 0.3) is 6.43 Å². The molecule has 0 aromatic heterocycles. The van der Waals surface area contributed by atoms with E-state index in [0.29, 0.717) is 19.8 Å². The van der Waals surface area contributed by atoms with Crippen LogP contribution in [0, 0.1) is 0 Å². The summed E-state index contributed by atoms with van der Waals surface area (Å²) in [5.41, 5.74) is 0.932. The van der Waals surface area contributed by atoms with Gasteiger partial charge in [-0.05, 0) is 13.8 Å². The Morgan fingerprint density at radius 1 is 1.54 bits per heavy atom. The van der Waals surface area contributed by atoms with Gasteiger partial charge in [-0.15, -0.1) is 0 Å². The summed E-state index contributed by atoms with van der Waals surface area (Å²) >= 11 is 0. The van der Waals surface area contributed by atoms with Gasteiger partial charge in [0.2, 0.25) is 0 Å². The van der Waals surface area contributed by atoms with Crippen molar-refractivity contribution in [3.05, 3.63) is 12.2 Å². The molecule has 0 saturated carbocycles. The highest BCUT2D eigenvalue weighted by molar-refractivity contribution is 4.87. The Hall–Kier alpha value is -0.480. The normalized spacial score (nSPS) is 13.3. The topological polar surface area (TPSA) is 21.3 Å². The fourth-order valence-electron chi connectivity index (χ4n) is 0.694. The van der Waals surface area contributed by atoms with Gasteiger partial charge in [-0.3, -0.25) is 0 Å². The molecule has 0 spiro atoms. The lowest BCUT2D eigenvalue weighted by Gasteiger charge is -2.12. The van der Waals surface area contributed by atoms with Crippen molar-refractivity contribution in [3.63, 3.8) is 0 Å². The van der Waals surface area contributed by atoms with E-state index in [2.05, 4.69) is 11.9 Å².